The number of aliphatic imine (C=N–C) groups is 1. The lowest BCUT2D eigenvalue weighted by atomic mass is 10.1. The van der Waals surface area contributed by atoms with Crippen molar-refractivity contribution in [2.75, 3.05) is 0 Å². The van der Waals surface area contributed by atoms with E-state index < -0.39 is 0 Å². The van der Waals surface area contributed by atoms with E-state index in [9.17, 15) is 4.79 Å². The van der Waals surface area contributed by atoms with Gasteiger partial charge < -0.3 is 0 Å². The molecule has 0 aromatic rings. The molecule has 2 heterocycles. The molecule has 1 amide bonds. The highest BCUT2D eigenvalue weighted by Gasteiger charge is 2.23. The van der Waals surface area contributed by atoms with Crippen molar-refractivity contribution < 1.29 is 4.79 Å². The van der Waals surface area contributed by atoms with Gasteiger partial charge in [0.2, 0.25) is 0 Å². The Bertz CT molecular complexity index is 347. The number of amides is 1. The van der Waals surface area contributed by atoms with Crippen molar-refractivity contribution in [3.63, 3.8) is 0 Å². The van der Waals surface area contributed by atoms with Crippen LogP contribution in [0.5, 0.6) is 0 Å². The summed E-state index contributed by atoms with van der Waals surface area (Å²) in [5.41, 5.74) is 1.81. The van der Waals surface area contributed by atoms with Gasteiger partial charge in [0.15, 0.2) is 0 Å². The molecule has 0 unspecified atom stereocenters. The molecule has 11 heavy (non-hydrogen) atoms. The molecule has 0 aromatic heterocycles. The molecular formula is C7H5N3O. The summed E-state index contributed by atoms with van der Waals surface area (Å²) in [4.78, 5) is 14.7. The van der Waals surface area contributed by atoms with Crippen molar-refractivity contribution in [1.82, 2.24) is 0 Å². The Labute approximate surface area is 63.0 Å². The Morgan fingerprint density at radius 2 is 2.18 bits per heavy atom. The van der Waals surface area contributed by atoms with Crippen LogP contribution in [-0.4, -0.2) is 12.1 Å². The normalized spacial score (nSPS) is 20.8. The second kappa shape index (κ2) is 1.95. The number of allylic oxidation sites excluding steroid dienone is 2. The average Bonchev–Trinajstić information content (AvgIpc) is 2.34. The van der Waals surface area contributed by atoms with Crippen molar-refractivity contribution in [1.29, 1.82) is 0 Å². The predicted molar refractivity (Wildman–Crippen MR) is 39.1 cm³/mol. The highest BCUT2D eigenvalue weighted by Crippen LogP contribution is 2.27. The first-order valence-corrected chi connectivity index (χ1v) is 3.21. The molecule has 0 N–H and O–H groups in total. The number of nitrogens with zero attached hydrogens (tertiary/aromatic N) is 3. The van der Waals surface area contributed by atoms with E-state index in [4.69, 9.17) is 0 Å². The maximum absolute atomic E-state index is 11.1. The lowest BCUT2D eigenvalue weighted by Crippen LogP contribution is -2.04. The van der Waals surface area contributed by atoms with Gasteiger partial charge in [0.05, 0.1) is 11.3 Å². The number of carbonyl (C=O) groups excluding carboxylic acids is 1. The number of dihydropyridines is 1. The van der Waals surface area contributed by atoms with Crippen LogP contribution in [0.2, 0.25) is 0 Å². The molecule has 0 aliphatic carbocycles. The van der Waals surface area contributed by atoms with Crippen LogP contribution in [0.1, 0.15) is 6.92 Å². The molecule has 2 aliphatic rings. The highest BCUT2D eigenvalue weighted by molar-refractivity contribution is 6.07. The van der Waals surface area contributed by atoms with Crippen LogP contribution in [-0.2, 0) is 4.79 Å². The van der Waals surface area contributed by atoms with E-state index in [-0.39, 0.29) is 5.91 Å². The summed E-state index contributed by atoms with van der Waals surface area (Å²) in [5, 5.41) is 7.56. The predicted octanol–water partition coefficient (Wildman–Crippen LogP) is 1.22. The smallest absolute Gasteiger partial charge is 0.267 e. The second-order valence-electron chi connectivity index (χ2n) is 2.30. The number of hydrogen-bond acceptors (Lipinski definition) is 3. The SMILES string of the molecule is CC1=C2C(=O)N=CC=C2N=N1. The Balaban J connectivity index is 2.61. The van der Waals surface area contributed by atoms with E-state index in [1.807, 2.05) is 0 Å². The molecule has 4 heteroatoms. The highest BCUT2D eigenvalue weighted by atomic mass is 16.1. The minimum absolute atomic E-state index is 0.245. The monoisotopic (exact) mass is 147 g/mol. The summed E-state index contributed by atoms with van der Waals surface area (Å²) in [6.07, 6.45) is 3.12. The number of azo groups is 1. The molecule has 0 saturated carbocycles. The summed E-state index contributed by atoms with van der Waals surface area (Å²) < 4.78 is 0. The summed E-state index contributed by atoms with van der Waals surface area (Å²) >= 11 is 0. The Morgan fingerprint density at radius 3 is 2.91 bits per heavy atom. The van der Waals surface area contributed by atoms with Gasteiger partial charge in [-0.1, -0.05) is 0 Å². The standard InChI is InChI=1S/C7H5N3O/c1-4-6-5(10-9-4)2-3-8-7(6)11/h2-3H,1H3. The van der Waals surface area contributed by atoms with Gasteiger partial charge in [-0.2, -0.15) is 5.11 Å². The Morgan fingerprint density at radius 1 is 1.36 bits per heavy atom. The molecule has 0 radical (unpaired) electrons. The molecule has 0 spiro atoms. The number of fused-ring (bicyclic) bond motifs is 1. The lowest BCUT2D eigenvalue weighted by Gasteiger charge is -2.00. The third-order valence-corrected chi connectivity index (χ3v) is 1.56. The van der Waals surface area contributed by atoms with Gasteiger partial charge in [-0.25, -0.2) is 4.99 Å². The van der Waals surface area contributed by atoms with E-state index in [0.717, 1.165) is 0 Å². The number of carbonyl (C=O) groups is 1. The summed E-state index contributed by atoms with van der Waals surface area (Å²) in [6.45, 7) is 1.75. The zero-order chi connectivity index (χ0) is 7.84. The quantitative estimate of drug-likeness (QED) is 0.508. The third kappa shape index (κ3) is 0.756. The first-order valence-electron chi connectivity index (χ1n) is 3.21. The maximum Gasteiger partial charge on any atom is 0.281 e. The van der Waals surface area contributed by atoms with Gasteiger partial charge in [-0.3, -0.25) is 4.79 Å². The fourth-order valence-corrected chi connectivity index (χ4v) is 1.04. The minimum Gasteiger partial charge on any atom is -0.267 e. The molecule has 4 nitrogen and oxygen atoms in total. The average molecular weight is 147 g/mol. The molecule has 2 rings (SSSR count). The zero-order valence-electron chi connectivity index (χ0n) is 5.90. The van der Waals surface area contributed by atoms with E-state index in [1.54, 1.807) is 13.0 Å². The van der Waals surface area contributed by atoms with Crippen LogP contribution in [0, 0.1) is 0 Å². The molecule has 0 aromatic carbocycles. The Kier molecular flexibility index (Phi) is 1.09. The molecule has 2 aliphatic heterocycles. The van der Waals surface area contributed by atoms with Crippen LogP contribution < -0.4 is 0 Å². The van der Waals surface area contributed by atoms with Crippen molar-refractivity contribution in [3.8, 4) is 0 Å². The number of hydrogen-bond donors (Lipinski definition) is 0. The van der Waals surface area contributed by atoms with Crippen molar-refractivity contribution in [2.24, 2.45) is 15.2 Å². The topological polar surface area (TPSA) is 54.1 Å². The van der Waals surface area contributed by atoms with Gasteiger partial charge in [-0.05, 0) is 13.0 Å². The van der Waals surface area contributed by atoms with Gasteiger partial charge in [0.1, 0.15) is 5.70 Å². The first-order chi connectivity index (χ1) is 5.29. The third-order valence-electron chi connectivity index (χ3n) is 1.56. The van der Waals surface area contributed by atoms with E-state index in [2.05, 4.69) is 15.2 Å². The van der Waals surface area contributed by atoms with Gasteiger partial charge in [0.25, 0.3) is 5.91 Å². The van der Waals surface area contributed by atoms with Crippen molar-refractivity contribution in [3.05, 3.63) is 23.0 Å². The molecule has 0 bridgehead atoms. The van der Waals surface area contributed by atoms with Crippen molar-refractivity contribution in [2.45, 2.75) is 6.92 Å². The van der Waals surface area contributed by atoms with Gasteiger partial charge in [-0.15, -0.1) is 5.11 Å². The largest absolute Gasteiger partial charge is 0.281 e. The zero-order valence-corrected chi connectivity index (χ0v) is 5.90. The van der Waals surface area contributed by atoms with Gasteiger partial charge in [0, 0.05) is 6.21 Å². The molecule has 0 atom stereocenters. The second-order valence-corrected chi connectivity index (χ2v) is 2.30. The van der Waals surface area contributed by atoms with Crippen LogP contribution in [0.15, 0.2) is 38.3 Å². The van der Waals surface area contributed by atoms with E-state index in [1.165, 1.54) is 6.21 Å². The lowest BCUT2D eigenvalue weighted by molar-refractivity contribution is -0.114. The van der Waals surface area contributed by atoms with Crippen LogP contribution in [0.3, 0.4) is 0 Å². The first kappa shape index (κ1) is 6.15. The molecule has 0 fully saturated rings. The summed E-state index contributed by atoms with van der Waals surface area (Å²) in [6, 6.07) is 0. The fourth-order valence-electron chi connectivity index (χ4n) is 1.04. The summed E-state index contributed by atoms with van der Waals surface area (Å²) in [7, 11) is 0. The molecule has 0 saturated heterocycles. The van der Waals surface area contributed by atoms with E-state index >= 15 is 0 Å². The summed E-state index contributed by atoms with van der Waals surface area (Å²) in [5.74, 6) is -0.245. The van der Waals surface area contributed by atoms with Crippen LogP contribution >= 0.6 is 0 Å². The van der Waals surface area contributed by atoms with Crippen molar-refractivity contribution >= 4 is 12.1 Å². The van der Waals surface area contributed by atoms with Crippen LogP contribution in [0.4, 0.5) is 0 Å². The number of rotatable bonds is 0. The van der Waals surface area contributed by atoms with Crippen LogP contribution in [0.25, 0.3) is 0 Å². The maximum atomic E-state index is 11.1. The fraction of sp³-hybridized carbons (Fsp3) is 0.143. The van der Waals surface area contributed by atoms with Gasteiger partial charge >= 0.3 is 0 Å². The molecule has 54 valence electrons. The molecular weight excluding hydrogens is 142 g/mol. The Hall–Kier alpha value is -1.58. The minimum atomic E-state index is -0.245. The van der Waals surface area contributed by atoms with E-state index in [0.29, 0.717) is 17.0 Å².